The van der Waals surface area contributed by atoms with Crippen LogP contribution in [0.5, 0.6) is 0 Å². The molecular weight excluding hydrogens is 168 g/mol. The molecule has 0 radical (unpaired) electrons. The lowest BCUT2D eigenvalue weighted by molar-refractivity contribution is 0.179. The minimum atomic E-state index is 0.998. The van der Waals surface area contributed by atoms with Crippen LogP contribution >= 0.6 is 0 Å². The molecule has 14 heavy (non-hydrogen) atoms. The van der Waals surface area contributed by atoms with E-state index in [1.54, 1.807) is 0 Å². The Bertz CT molecular complexity index is 188. The molecule has 0 bridgehead atoms. The van der Waals surface area contributed by atoms with Gasteiger partial charge >= 0.3 is 0 Å². The van der Waals surface area contributed by atoms with Gasteiger partial charge in [-0.25, -0.2) is 0 Å². The van der Waals surface area contributed by atoms with Crippen LogP contribution in [0.2, 0.25) is 0 Å². The van der Waals surface area contributed by atoms with E-state index in [-0.39, 0.29) is 0 Å². The summed E-state index contributed by atoms with van der Waals surface area (Å²) in [7, 11) is 0. The van der Waals surface area contributed by atoms with Crippen molar-refractivity contribution in [2.24, 2.45) is 23.7 Å². The average Bonchev–Trinajstić information content (AvgIpc) is 2.78. The monoisotopic (exact) mass is 192 g/mol. The highest BCUT2D eigenvalue weighted by atomic mass is 14.4. The number of hydrogen-bond donors (Lipinski definition) is 0. The summed E-state index contributed by atoms with van der Waals surface area (Å²) < 4.78 is 0. The van der Waals surface area contributed by atoms with Crippen molar-refractivity contribution >= 4 is 0 Å². The van der Waals surface area contributed by atoms with Gasteiger partial charge in [0.25, 0.3) is 0 Å². The predicted molar refractivity (Wildman–Crippen MR) is 62.2 cm³/mol. The summed E-state index contributed by atoms with van der Waals surface area (Å²) in [4.78, 5) is 0. The SMILES string of the molecule is C=CCC1CC(CCCC2CC2C)C1. The molecule has 80 valence electrons. The van der Waals surface area contributed by atoms with Crippen molar-refractivity contribution in [1.82, 2.24) is 0 Å². The van der Waals surface area contributed by atoms with Crippen LogP contribution in [0.15, 0.2) is 12.7 Å². The first-order valence-corrected chi connectivity index (χ1v) is 6.40. The van der Waals surface area contributed by atoms with Crippen molar-refractivity contribution < 1.29 is 0 Å². The summed E-state index contributed by atoms with van der Waals surface area (Å²) in [6.45, 7) is 6.21. The highest BCUT2D eigenvalue weighted by Crippen LogP contribution is 2.44. The molecule has 0 aromatic carbocycles. The van der Waals surface area contributed by atoms with Gasteiger partial charge in [0, 0.05) is 0 Å². The van der Waals surface area contributed by atoms with Gasteiger partial charge in [-0.3, -0.25) is 0 Å². The first-order valence-electron chi connectivity index (χ1n) is 6.40. The molecule has 0 saturated heterocycles. The molecule has 0 amide bonds. The van der Waals surface area contributed by atoms with Crippen molar-refractivity contribution in [2.75, 3.05) is 0 Å². The van der Waals surface area contributed by atoms with Gasteiger partial charge < -0.3 is 0 Å². The van der Waals surface area contributed by atoms with Gasteiger partial charge in [0.15, 0.2) is 0 Å². The molecule has 0 heteroatoms. The molecular formula is C14H24. The molecule has 2 aliphatic carbocycles. The van der Waals surface area contributed by atoms with Crippen LogP contribution < -0.4 is 0 Å². The van der Waals surface area contributed by atoms with E-state index in [1.165, 1.54) is 44.9 Å². The van der Waals surface area contributed by atoms with Gasteiger partial charge in [-0.05, 0) is 49.4 Å². The van der Waals surface area contributed by atoms with Gasteiger partial charge in [0.05, 0.1) is 0 Å². The lowest BCUT2D eigenvalue weighted by Crippen LogP contribution is -2.22. The molecule has 2 rings (SSSR count). The minimum absolute atomic E-state index is 0.998. The Kier molecular flexibility index (Phi) is 3.30. The molecule has 0 spiro atoms. The van der Waals surface area contributed by atoms with E-state index in [0.717, 1.165) is 23.7 Å². The van der Waals surface area contributed by atoms with Crippen LogP contribution in [0.3, 0.4) is 0 Å². The fraction of sp³-hybridized carbons (Fsp3) is 0.857. The van der Waals surface area contributed by atoms with Gasteiger partial charge in [-0.1, -0.05) is 32.3 Å². The Hall–Kier alpha value is -0.260. The molecule has 0 aromatic rings. The molecule has 0 nitrogen and oxygen atoms in total. The lowest BCUT2D eigenvalue weighted by Gasteiger charge is -2.34. The first kappa shape index (κ1) is 10.3. The normalized spacial score (nSPS) is 40.4. The summed E-state index contributed by atoms with van der Waals surface area (Å²) in [5.41, 5.74) is 0. The van der Waals surface area contributed by atoms with E-state index < -0.39 is 0 Å². The molecule has 2 aliphatic rings. The Labute approximate surface area is 88.8 Å². The summed E-state index contributed by atoms with van der Waals surface area (Å²) >= 11 is 0. The number of hydrogen-bond acceptors (Lipinski definition) is 0. The maximum absolute atomic E-state index is 3.81. The van der Waals surface area contributed by atoms with Crippen LogP contribution in [-0.2, 0) is 0 Å². The average molecular weight is 192 g/mol. The zero-order valence-electron chi connectivity index (χ0n) is 9.54. The number of rotatable bonds is 6. The number of allylic oxidation sites excluding steroid dienone is 1. The van der Waals surface area contributed by atoms with Crippen molar-refractivity contribution in [3.05, 3.63) is 12.7 Å². The topological polar surface area (TPSA) is 0 Å². The highest BCUT2D eigenvalue weighted by molar-refractivity contribution is 4.86. The van der Waals surface area contributed by atoms with Crippen LogP contribution in [0.1, 0.15) is 51.9 Å². The van der Waals surface area contributed by atoms with Crippen LogP contribution in [-0.4, -0.2) is 0 Å². The Morgan fingerprint density at radius 2 is 1.86 bits per heavy atom. The fourth-order valence-electron chi connectivity index (χ4n) is 3.01. The molecule has 0 aliphatic heterocycles. The molecule has 0 N–H and O–H groups in total. The lowest BCUT2D eigenvalue weighted by atomic mass is 9.71. The molecule has 2 atom stereocenters. The summed E-state index contributed by atoms with van der Waals surface area (Å²) in [5, 5.41) is 0. The van der Waals surface area contributed by atoms with E-state index in [4.69, 9.17) is 0 Å². The Balaban J connectivity index is 1.46. The third-order valence-electron chi connectivity index (χ3n) is 4.30. The largest absolute Gasteiger partial charge is 0.103 e. The first-order chi connectivity index (χ1) is 6.79. The minimum Gasteiger partial charge on any atom is -0.103 e. The predicted octanol–water partition coefficient (Wildman–Crippen LogP) is 4.42. The van der Waals surface area contributed by atoms with Crippen LogP contribution in [0, 0.1) is 23.7 Å². The molecule has 2 saturated carbocycles. The second kappa shape index (κ2) is 4.51. The maximum atomic E-state index is 3.81. The quantitative estimate of drug-likeness (QED) is 0.547. The summed E-state index contributed by atoms with van der Waals surface area (Å²) in [6, 6.07) is 0. The van der Waals surface area contributed by atoms with Crippen molar-refractivity contribution in [3.63, 3.8) is 0 Å². The second-order valence-electron chi connectivity index (χ2n) is 5.63. The van der Waals surface area contributed by atoms with Gasteiger partial charge in [0.1, 0.15) is 0 Å². The summed E-state index contributed by atoms with van der Waals surface area (Å²) in [6.07, 6.45) is 12.4. The molecule has 0 aromatic heterocycles. The zero-order valence-corrected chi connectivity index (χ0v) is 9.54. The van der Waals surface area contributed by atoms with E-state index >= 15 is 0 Å². The molecule has 2 unspecified atom stereocenters. The fourth-order valence-corrected chi connectivity index (χ4v) is 3.01. The highest BCUT2D eigenvalue weighted by Gasteiger charge is 2.32. The maximum Gasteiger partial charge on any atom is -0.0325 e. The Morgan fingerprint density at radius 1 is 1.14 bits per heavy atom. The second-order valence-corrected chi connectivity index (χ2v) is 5.63. The van der Waals surface area contributed by atoms with Crippen molar-refractivity contribution in [2.45, 2.75) is 51.9 Å². The molecule has 2 fully saturated rings. The van der Waals surface area contributed by atoms with Crippen molar-refractivity contribution in [3.8, 4) is 0 Å². The van der Waals surface area contributed by atoms with Gasteiger partial charge in [-0.2, -0.15) is 0 Å². The van der Waals surface area contributed by atoms with Gasteiger partial charge in [0.2, 0.25) is 0 Å². The van der Waals surface area contributed by atoms with Crippen LogP contribution in [0.25, 0.3) is 0 Å². The zero-order chi connectivity index (χ0) is 9.97. The third-order valence-corrected chi connectivity index (χ3v) is 4.30. The summed E-state index contributed by atoms with van der Waals surface area (Å²) in [5.74, 6) is 4.25. The van der Waals surface area contributed by atoms with E-state index in [0.29, 0.717) is 0 Å². The van der Waals surface area contributed by atoms with E-state index in [2.05, 4.69) is 19.6 Å². The third kappa shape index (κ3) is 2.62. The van der Waals surface area contributed by atoms with E-state index in [9.17, 15) is 0 Å². The Morgan fingerprint density at radius 3 is 2.43 bits per heavy atom. The van der Waals surface area contributed by atoms with Crippen molar-refractivity contribution in [1.29, 1.82) is 0 Å². The molecule has 0 heterocycles. The van der Waals surface area contributed by atoms with E-state index in [1.807, 2.05) is 0 Å². The van der Waals surface area contributed by atoms with Gasteiger partial charge in [-0.15, -0.1) is 6.58 Å². The van der Waals surface area contributed by atoms with Crippen LogP contribution in [0.4, 0.5) is 0 Å². The smallest absolute Gasteiger partial charge is 0.0325 e. The standard InChI is InChI=1S/C14H24/c1-3-5-12-9-13(10-12)6-4-7-14-8-11(14)2/h3,11-14H,1,4-10H2,2H3.